The molecule has 0 N–H and O–H groups in total. The molecule has 2 aromatic carbocycles. The van der Waals surface area contributed by atoms with Gasteiger partial charge in [0.1, 0.15) is 23.0 Å². The van der Waals surface area contributed by atoms with Crippen LogP contribution < -0.4 is 4.74 Å². The number of alkyl halides is 6. The molecule has 0 aliphatic carbocycles. The van der Waals surface area contributed by atoms with Crippen molar-refractivity contribution in [1.29, 1.82) is 0 Å². The van der Waals surface area contributed by atoms with Gasteiger partial charge in [-0.1, -0.05) is 19.1 Å². The number of rotatable bonds is 7. The summed E-state index contributed by atoms with van der Waals surface area (Å²) in [6.07, 6.45) is -5.53. The van der Waals surface area contributed by atoms with Gasteiger partial charge in [0, 0.05) is 17.3 Å². The first kappa shape index (κ1) is 29.0. The first-order chi connectivity index (χ1) is 19.8. The molecule has 13 heteroatoms. The summed E-state index contributed by atoms with van der Waals surface area (Å²) >= 11 is 0. The Morgan fingerprint density at radius 3 is 2.31 bits per heavy atom. The second kappa shape index (κ2) is 11.0. The van der Waals surface area contributed by atoms with E-state index in [1.165, 1.54) is 35.3 Å². The van der Waals surface area contributed by atoms with E-state index >= 15 is 0 Å². The zero-order chi connectivity index (χ0) is 30.2. The van der Waals surface area contributed by atoms with Gasteiger partial charge in [-0.2, -0.15) is 31.4 Å². The molecule has 0 spiro atoms. The smallest absolute Gasteiger partial charge is 0.418 e. The third-order valence-corrected chi connectivity index (χ3v) is 6.44. The number of ether oxygens (including phenoxy) is 1. The van der Waals surface area contributed by atoms with Crippen LogP contribution in [0.1, 0.15) is 35.6 Å². The third-order valence-electron chi connectivity index (χ3n) is 6.44. The number of fused-ring (bicyclic) bond motifs is 1. The predicted molar refractivity (Wildman–Crippen MR) is 139 cm³/mol. The molecule has 1 aromatic heterocycles. The summed E-state index contributed by atoms with van der Waals surface area (Å²) in [6.45, 7) is 3.32. The zero-order valence-electron chi connectivity index (χ0n) is 22.2. The molecule has 2 aliphatic rings. The topological polar surface area (TPSA) is 65.7 Å². The molecule has 5 rings (SSSR count). The molecule has 0 fully saturated rings. The highest BCUT2D eigenvalue weighted by Gasteiger charge is 2.39. The van der Waals surface area contributed by atoms with Crippen molar-refractivity contribution < 1.29 is 35.5 Å². The molecule has 6 nitrogen and oxygen atoms in total. The van der Waals surface area contributed by atoms with Crippen molar-refractivity contribution in [1.82, 2.24) is 24.7 Å². The average Bonchev–Trinajstić information content (AvgIpc) is 3.35. The van der Waals surface area contributed by atoms with Crippen molar-refractivity contribution in [2.75, 3.05) is 6.61 Å². The highest BCUT2D eigenvalue weighted by Crippen LogP contribution is 2.43. The van der Waals surface area contributed by atoms with Crippen molar-refractivity contribution >= 4 is 0 Å². The molecule has 3 aromatic rings. The Labute approximate surface area is 235 Å². The van der Waals surface area contributed by atoms with E-state index in [4.69, 9.17) is 4.74 Å². The van der Waals surface area contributed by atoms with Crippen LogP contribution in [0.2, 0.25) is 0 Å². The first-order valence-electron chi connectivity index (χ1n) is 12.7. The van der Waals surface area contributed by atoms with Crippen LogP contribution in [0.5, 0.6) is 5.75 Å². The molecular weight excluding hydrogens is 567 g/mol. The van der Waals surface area contributed by atoms with E-state index in [2.05, 4.69) is 20.1 Å². The van der Waals surface area contributed by atoms with E-state index in [1.807, 2.05) is 0 Å². The first-order valence-corrected chi connectivity index (χ1v) is 12.7. The Balaban J connectivity index is 1.51. The fourth-order valence-corrected chi connectivity index (χ4v) is 4.40. The molecule has 0 amide bonds. The molecule has 0 saturated carbocycles. The van der Waals surface area contributed by atoms with Crippen LogP contribution in [0.3, 0.4) is 0 Å². The van der Waals surface area contributed by atoms with Crippen molar-refractivity contribution in [2.45, 2.75) is 39.2 Å². The number of nitrogens with zero attached hydrogens (tertiary/aromatic N) is 5. The summed E-state index contributed by atoms with van der Waals surface area (Å²) in [7, 11) is 0. The van der Waals surface area contributed by atoms with Gasteiger partial charge in [-0.25, -0.2) is 14.4 Å². The maximum Gasteiger partial charge on any atom is 0.418 e. The number of aromatic nitrogens is 5. The Bertz CT molecular complexity index is 1710. The summed E-state index contributed by atoms with van der Waals surface area (Å²) in [5.74, 6) is -0.269. The summed E-state index contributed by atoms with van der Waals surface area (Å²) in [5, 5.41) is 4.17. The van der Waals surface area contributed by atoms with Gasteiger partial charge >= 0.3 is 12.4 Å². The van der Waals surface area contributed by atoms with Crippen molar-refractivity contribution in [3.05, 3.63) is 89.1 Å². The zero-order valence-corrected chi connectivity index (χ0v) is 22.2. The van der Waals surface area contributed by atoms with Gasteiger partial charge in [0.2, 0.25) is 0 Å². The number of imidazole rings is 1. The molecular formula is C29H22F7N5O. The van der Waals surface area contributed by atoms with Gasteiger partial charge < -0.3 is 4.74 Å². The molecule has 42 heavy (non-hydrogen) atoms. The molecule has 0 radical (unpaired) electrons. The minimum Gasteiger partial charge on any atom is -0.494 e. The summed E-state index contributed by atoms with van der Waals surface area (Å²) < 4.78 is 105. The van der Waals surface area contributed by atoms with Crippen LogP contribution in [0.15, 0.2) is 61.1 Å². The van der Waals surface area contributed by atoms with Gasteiger partial charge in [0.25, 0.3) is 0 Å². The van der Waals surface area contributed by atoms with Gasteiger partial charge in [-0.15, -0.1) is 0 Å². The quantitative estimate of drug-likeness (QED) is 0.181. The maximum atomic E-state index is 14.1. The van der Waals surface area contributed by atoms with Gasteiger partial charge in [-0.3, -0.25) is 9.67 Å². The lowest BCUT2D eigenvalue weighted by Gasteiger charge is -2.19. The van der Waals surface area contributed by atoms with E-state index in [-0.39, 0.29) is 30.3 Å². The SMILES string of the molecule is CCCOc1ccc(-c2ncc(Cn3cc4nc(-c5cccc(F)c5C)nc-4cn3)cc2C(F)(F)F)c(C(F)(F)F)c1. The van der Waals surface area contributed by atoms with Crippen molar-refractivity contribution in [2.24, 2.45) is 0 Å². The van der Waals surface area contributed by atoms with E-state index in [0.717, 1.165) is 18.3 Å². The second-order valence-corrected chi connectivity index (χ2v) is 9.49. The van der Waals surface area contributed by atoms with Gasteiger partial charge in [0.05, 0.1) is 42.4 Å². The number of halogens is 7. The lowest BCUT2D eigenvalue weighted by molar-refractivity contribution is -0.139. The van der Waals surface area contributed by atoms with Crippen LogP contribution in [0, 0.1) is 12.7 Å². The molecule has 0 unspecified atom stereocenters. The number of benzene rings is 2. The minimum absolute atomic E-state index is 0.0418. The predicted octanol–water partition coefficient (Wildman–Crippen LogP) is 7.83. The number of hydrogen-bond donors (Lipinski definition) is 0. The van der Waals surface area contributed by atoms with Crippen molar-refractivity contribution in [3.63, 3.8) is 0 Å². The largest absolute Gasteiger partial charge is 0.494 e. The lowest BCUT2D eigenvalue weighted by atomic mass is 9.98. The highest BCUT2D eigenvalue weighted by atomic mass is 19.4. The second-order valence-electron chi connectivity index (χ2n) is 9.49. The summed E-state index contributed by atoms with van der Waals surface area (Å²) in [6, 6.07) is 8.05. The van der Waals surface area contributed by atoms with E-state index in [0.29, 0.717) is 35.0 Å². The van der Waals surface area contributed by atoms with Crippen LogP contribution in [-0.4, -0.2) is 31.3 Å². The molecule has 2 aliphatic heterocycles. The molecule has 3 heterocycles. The fourth-order valence-electron chi connectivity index (χ4n) is 4.40. The van der Waals surface area contributed by atoms with E-state index in [9.17, 15) is 30.7 Å². The summed E-state index contributed by atoms with van der Waals surface area (Å²) in [5.41, 5.74) is -2.55. The van der Waals surface area contributed by atoms with E-state index in [1.54, 1.807) is 19.9 Å². The van der Waals surface area contributed by atoms with Crippen molar-refractivity contribution in [3.8, 4) is 39.8 Å². The summed E-state index contributed by atoms with van der Waals surface area (Å²) in [4.78, 5) is 12.6. The minimum atomic E-state index is -5.00. The number of pyridine rings is 1. The monoisotopic (exact) mass is 589 g/mol. The van der Waals surface area contributed by atoms with Crippen LogP contribution in [-0.2, 0) is 18.9 Å². The molecule has 0 atom stereocenters. The Morgan fingerprint density at radius 1 is 0.857 bits per heavy atom. The Morgan fingerprint density at radius 2 is 1.60 bits per heavy atom. The van der Waals surface area contributed by atoms with Crippen LogP contribution >= 0.6 is 0 Å². The highest BCUT2D eigenvalue weighted by molar-refractivity contribution is 5.70. The molecule has 0 bridgehead atoms. The normalized spacial score (nSPS) is 12.2. The maximum absolute atomic E-state index is 14.1. The molecule has 0 saturated heterocycles. The Kier molecular flexibility index (Phi) is 7.60. The standard InChI is InChI=1S/C29H22F7N5O/c1-3-9-42-18-7-8-20(21(11-18)28(31,32)33)26-22(29(34,35)36)10-17(12-37-26)14-41-15-25-24(13-38-41)39-27(40-25)19-5-4-6-23(30)16(19)2/h4-8,10-13,15H,3,9,14H2,1-2H3. The Hall–Kier alpha value is -4.55. The number of hydrogen-bond acceptors (Lipinski definition) is 5. The third kappa shape index (κ3) is 5.90. The van der Waals surface area contributed by atoms with E-state index < -0.39 is 40.6 Å². The molecule has 218 valence electrons. The fraction of sp³-hybridized carbons (Fsp3) is 0.241. The van der Waals surface area contributed by atoms with Gasteiger partial charge in [-0.05, 0) is 54.8 Å². The lowest BCUT2D eigenvalue weighted by Crippen LogP contribution is -2.14. The van der Waals surface area contributed by atoms with Crippen LogP contribution in [0.25, 0.3) is 34.0 Å². The average molecular weight is 590 g/mol. The van der Waals surface area contributed by atoms with Gasteiger partial charge in [0.15, 0.2) is 5.82 Å². The van der Waals surface area contributed by atoms with Crippen LogP contribution in [0.4, 0.5) is 30.7 Å².